The highest BCUT2D eigenvalue weighted by Crippen LogP contribution is 2.23. The Labute approximate surface area is 84.3 Å². The van der Waals surface area contributed by atoms with Gasteiger partial charge in [0.1, 0.15) is 0 Å². The summed E-state index contributed by atoms with van der Waals surface area (Å²) in [4.78, 5) is 0. The Morgan fingerprint density at radius 3 is 2.57 bits per heavy atom. The van der Waals surface area contributed by atoms with Crippen molar-refractivity contribution < 1.29 is 4.39 Å². The zero-order chi connectivity index (χ0) is 10.6. The average Bonchev–Trinajstić information content (AvgIpc) is 2.66. The van der Waals surface area contributed by atoms with Crippen molar-refractivity contribution in [2.45, 2.75) is 45.6 Å². The lowest BCUT2D eigenvalue weighted by atomic mass is 9.96. The molecule has 0 radical (unpaired) electrons. The number of alkyl halides is 1. The number of aromatic nitrogens is 3. The lowest BCUT2D eigenvalue weighted by Crippen LogP contribution is -2.29. The Kier molecular flexibility index (Phi) is 3.61. The summed E-state index contributed by atoms with van der Waals surface area (Å²) in [5.41, 5.74) is 0.752. The van der Waals surface area contributed by atoms with Gasteiger partial charge in [-0.1, -0.05) is 19.1 Å². The molecule has 1 aromatic heterocycles. The summed E-state index contributed by atoms with van der Waals surface area (Å²) in [5, 5.41) is 7.99. The molecular weight excluding hydrogens is 181 g/mol. The van der Waals surface area contributed by atoms with Gasteiger partial charge in [-0.3, -0.25) is 4.39 Å². The van der Waals surface area contributed by atoms with Crippen LogP contribution in [0.3, 0.4) is 0 Å². The average molecular weight is 199 g/mol. The van der Waals surface area contributed by atoms with Gasteiger partial charge in [0, 0.05) is 12.6 Å². The van der Waals surface area contributed by atoms with Crippen LogP contribution in [0, 0.1) is 0 Å². The normalized spacial score (nSPS) is 12.0. The van der Waals surface area contributed by atoms with Crippen molar-refractivity contribution >= 4 is 0 Å². The monoisotopic (exact) mass is 199 g/mol. The highest BCUT2D eigenvalue weighted by Gasteiger charge is 2.23. The standard InChI is InChI=1S/C10H18FN3/c1-4-10(3,5-2)14-8-9(6-7-11)12-13-14/h8H,4-7H2,1-3H3. The van der Waals surface area contributed by atoms with Gasteiger partial charge >= 0.3 is 0 Å². The Hall–Kier alpha value is -0.930. The summed E-state index contributed by atoms with van der Waals surface area (Å²) >= 11 is 0. The van der Waals surface area contributed by atoms with Crippen molar-refractivity contribution in [1.29, 1.82) is 0 Å². The maximum Gasteiger partial charge on any atom is 0.0951 e. The molecule has 14 heavy (non-hydrogen) atoms. The van der Waals surface area contributed by atoms with Crippen LogP contribution in [0.5, 0.6) is 0 Å². The number of hydrogen-bond acceptors (Lipinski definition) is 2. The zero-order valence-electron chi connectivity index (χ0n) is 9.13. The second kappa shape index (κ2) is 4.53. The third kappa shape index (κ3) is 2.11. The summed E-state index contributed by atoms with van der Waals surface area (Å²) in [5.74, 6) is 0. The van der Waals surface area contributed by atoms with Crippen LogP contribution in [-0.4, -0.2) is 21.7 Å². The molecule has 0 atom stereocenters. The van der Waals surface area contributed by atoms with Crippen molar-refractivity contribution in [3.63, 3.8) is 0 Å². The number of halogens is 1. The largest absolute Gasteiger partial charge is 0.251 e. The minimum absolute atomic E-state index is 0.0154. The van der Waals surface area contributed by atoms with E-state index in [0.717, 1.165) is 18.5 Å². The Morgan fingerprint density at radius 2 is 2.07 bits per heavy atom. The van der Waals surface area contributed by atoms with Gasteiger partial charge in [-0.15, -0.1) is 5.10 Å². The molecule has 1 heterocycles. The molecule has 0 spiro atoms. The van der Waals surface area contributed by atoms with E-state index in [-0.39, 0.29) is 12.2 Å². The van der Waals surface area contributed by atoms with E-state index in [1.807, 2.05) is 10.9 Å². The third-order valence-electron chi connectivity index (χ3n) is 2.97. The minimum atomic E-state index is -0.367. The first-order valence-corrected chi connectivity index (χ1v) is 5.14. The van der Waals surface area contributed by atoms with Crippen LogP contribution in [0.1, 0.15) is 39.3 Å². The lowest BCUT2D eigenvalue weighted by Gasteiger charge is -2.26. The van der Waals surface area contributed by atoms with E-state index < -0.39 is 0 Å². The summed E-state index contributed by atoms with van der Waals surface area (Å²) in [6, 6.07) is 0. The van der Waals surface area contributed by atoms with E-state index in [2.05, 4.69) is 31.1 Å². The van der Waals surface area contributed by atoms with Crippen LogP contribution in [0.15, 0.2) is 6.20 Å². The van der Waals surface area contributed by atoms with Gasteiger partial charge < -0.3 is 0 Å². The summed E-state index contributed by atoms with van der Waals surface area (Å²) < 4.78 is 13.9. The van der Waals surface area contributed by atoms with Crippen LogP contribution >= 0.6 is 0 Å². The van der Waals surface area contributed by atoms with Crippen molar-refractivity contribution in [2.24, 2.45) is 0 Å². The SMILES string of the molecule is CCC(C)(CC)n1cc(CCF)nn1. The van der Waals surface area contributed by atoms with Crippen LogP contribution < -0.4 is 0 Å². The molecule has 1 aromatic rings. The molecule has 0 saturated carbocycles. The molecule has 0 unspecified atom stereocenters. The fraction of sp³-hybridized carbons (Fsp3) is 0.800. The van der Waals surface area contributed by atoms with Crippen molar-refractivity contribution in [2.75, 3.05) is 6.67 Å². The Bertz CT molecular complexity index is 279. The van der Waals surface area contributed by atoms with Crippen LogP contribution in [-0.2, 0) is 12.0 Å². The molecule has 0 aromatic carbocycles. The second-order valence-electron chi connectivity index (χ2n) is 3.80. The fourth-order valence-corrected chi connectivity index (χ4v) is 1.35. The third-order valence-corrected chi connectivity index (χ3v) is 2.97. The molecule has 4 heteroatoms. The highest BCUT2D eigenvalue weighted by atomic mass is 19.1. The van der Waals surface area contributed by atoms with Gasteiger partial charge in [-0.05, 0) is 19.8 Å². The van der Waals surface area contributed by atoms with Gasteiger partial charge in [0.25, 0.3) is 0 Å². The number of nitrogens with zero attached hydrogens (tertiary/aromatic N) is 3. The maximum absolute atomic E-state index is 12.1. The quantitative estimate of drug-likeness (QED) is 0.728. The smallest absolute Gasteiger partial charge is 0.0951 e. The molecule has 0 N–H and O–H groups in total. The molecule has 0 aliphatic carbocycles. The molecule has 0 aliphatic rings. The molecule has 0 bridgehead atoms. The van der Waals surface area contributed by atoms with Crippen molar-refractivity contribution in [1.82, 2.24) is 15.0 Å². The van der Waals surface area contributed by atoms with Crippen LogP contribution in [0.4, 0.5) is 4.39 Å². The van der Waals surface area contributed by atoms with Crippen molar-refractivity contribution in [3.05, 3.63) is 11.9 Å². The number of aryl methyl sites for hydroxylation is 1. The minimum Gasteiger partial charge on any atom is -0.251 e. The van der Waals surface area contributed by atoms with Gasteiger partial charge in [0.2, 0.25) is 0 Å². The maximum atomic E-state index is 12.1. The van der Waals surface area contributed by atoms with E-state index in [1.165, 1.54) is 0 Å². The van der Waals surface area contributed by atoms with Gasteiger partial charge in [0.15, 0.2) is 0 Å². The predicted octanol–water partition coefficient (Wildman–Crippen LogP) is 2.33. The molecule has 1 rings (SSSR count). The summed E-state index contributed by atoms with van der Waals surface area (Å²) in [6.45, 7) is 6.02. The summed E-state index contributed by atoms with van der Waals surface area (Å²) in [7, 11) is 0. The predicted molar refractivity (Wildman–Crippen MR) is 53.9 cm³/mol. The Balaban J connectivity index is 2.84. The van der Waals surface area contributed by atoms with E-state index >= 15 is 0 Å². The lowest BCUT2D eigenvalue weighted by molar-refractivity contribution is 0.259. The molecule has 0 aliphatic heterocycles. The van der Waals surface area contributed by atoms with Crippen LogP contribution in [0.2, 0.25) is 0 Å². The highest BCUT2D eigenvalue weighted by molar-refractivity contribution is 4.95. The molecule has 0 fully saturated rings. The van der Waals surface area contributed by atoms with E-state index in [4.69, 9.17) is 0 Å². The topological polar surface area (TPSA) is 30.7 Å². The van der Waals surface area contributed by atoms with E-state index in [1.54, 1.807) is 0 Å². The van der Waals surface area contributed by atoms with Crippen LogP contribution in [0.25, 0.3) is 0 Å². The van der Waals surface area contributed by atoms with Crippen molar-refractivity contribution in [3.8, 4) is 0 Å². The van der Waals surface area contributed by atoms with Gasteiger partial charge in [0.05, 0.1) is 17.9 Å². The zero-order valence-corrected chi connectivity index (χ0v) is 9.13. The first kappa shape index (κ1) is 11.1. The Morgan fingerprint density at radius 1 is 1.43 bits per heavy atom. The number of hydrogen-bond donors (Lipinski definition) is 0. The second-order valence-corrected chi connectivity index (χ2v) is 3.80. The molecule has 0 amide bonds. The first-order valence-electron chi connectivity index (χ1n) is 5.14. The van der Waals surface area contributed by atoms with E-state index in [0.29, 0.717) is 6.42 Å². The molecular formula is C10H18FN3. The summed E-state index contributed by atoms with van der Waals surface area (Å²) in [6.07, 6.45) is 4.22. The van der Waals surface area contributed by atoms with Gasteiger partial charge in [-0.25, -0.2) is 4.68 Å². The fourth-order valence-electron chi connectivity index (χ4n) is 1.35. The van der Waals surface area contributed by atoms with Gasteiger partial charge in [-0.2, -0.15) is 0 Å². The first-order chi connectivity index (χ1) is 6.66. The van der Waals surface area contributed by atoms with E-state index in [9.17, 15) is 4.39 Å². The molecule has 80 valence electrons. The molecule has 3 nitrogen and oxygen atoms in total. The molecule has 0 saturated heterocycles. The number of rotatable bonds is 5.